The molecule has 0 spiro atoms. The van der Waals surface area contributed by atoms with E-state index < -0.39 is 9.04 Å². The molecule has 1 unspecified atom stereocenters. The summed E-state index contributed by atoms with van der Waals surface area (Å²) < 4.78 is 10.6. The molecule has 1 heterocycles. The molecule has 0 saturated carbocycles. The molecule has 1 atom stereocenters. The van der Waals surface area contributed by atoms with Crippen LogP contribution < -0.4 is 0 Å². The summed E-state index contributed by atoms with van der Waals surface area (Å²) in [7, 11) is 1.03. The van der Waals surface area contributed by atoms with Gasteiger partial charge in [0, 0.05) is 20.2 Å². The van der Waals surface area contributed by atoms with Gasteiger partial charge in [-0.15, -0.1) is 0 Å². The van der Waals surface area contributed by atoms with Crippen LogP contribution in [-0.2, 0) is 9.16 Å². The Bertz CT molecular complexity index is 129. The van der Waals surface area contributed by atoms with E-state index in [1.54, 1.807) is 0 Å². The third-order valence-electron chi connectivity index (χ3n) is 2.59. The molecule has 1 saturated heterocycles. The molecule has 0 aromatic rings. The Morgan fingerprint density at radius 3 is 2.69 bits per heavy atom. The first-order valence-corrected chi connectivity index (χ1v) is 7.60. The van der Waals surface area contributed by atoms with E-state index in [2.05, 4.69) is 11.4 Å². The first kappa shape index (κ1) is 11.2. The van der Waals surface area contributed by atoms with E-state index in [-0.39, 0.29) is 0 Å². The summed E-state index contributed by atoms with van der Waals surface area (Å²) in [4.78, 5) is 2.49. The first-order chi connectivity index (χ1) is 6.33. The summed E-state index contributed by atoms with van der Waals surface area (Å²) in [6.45, 7) is 7.55. The quantitative estimate of drug-likeness (QED) is 0.614. The van der Waals surface area contributed by atoms with Crippen molar-refractivity contribution >= 4 is 9.04 Å². The number of hydrogen-bond donors (Lipinski definition) is 0. The van der Waals surface area contributed by atoms with Gasteiger partial charge in [0.1, 0.15) is 0 Å². The zero-order chi connectivity index (χ0) is 9.52. The fourth-order valence-electron chi connectivity index (χ4n) is 1.54. The number of ether oxygens (including phenoxy) is 1. The predicted molar refractivity (Wildman–Crippen MR) is 56.7 cm³/mol. The lowest BCUT2D eigenvalue weighted by atomic mass is 10.3. The van der Waals surface area contributed by atoms with Gasteiger partial charge in [0.15, 0.2) is 9.04 Å². The van der Waals surface area contributed by atoms with Crippen molar-refractivity contribution in [3.05, 3.63) is 0 Å². The maximum Gasteiger partial charge on any atom is 0.173 e. The molecule has 1 aliphatic heterocycles. The van der Waals surface area contributed by atoms with Crippen LogP contribution in [0, 0.1) is 0 Å². The van der Waals surface area contributed by atoms with E-state index in [1.165, 1.54) is 19.0 Å². The molecule has 4 heteroatoms. The highest BCUT2D eigenvalue weighted by molar-refractivity contribution is 6.50. The topological polar surface area (TPSA) is 21.7 Å². The van der Waals surface area contributed by atoms with Gasteiger partial charge in [-0.1, -0.05) is 0 Å². The maximum absolute atomic E-state index is 5.34. The fourth-order valence-corrected chi connectivity index (χ4v) is 2.54. The molecule has 3 nitrogen and oxygen atoms in total. The van der Waals surface area contributed by atoms with Gasteiger partial charge in [-0.05, 0) is 25.6 Å². The van der Waals surface area contributed by atoms with Crippen molar-refractivity contribution in [3.8, 4) is 0 Å². The van der Waals surface area contributed by atoms with E-state index in [0.29, 0.717) is 0 Å². The number of hydrogen-bond acceptors (Lipinski definition) is 3. The van der Waals surface area contributed by atoms with E-state index in [1.807, 2.05) is 7.11 Å². The molecule has 1 rings (SSSR count). The van der Waals surface area contributed by atoms with Crippen LogP contribution in [0.2, 0.25) is 12.6 Å². The summed E-state index contributed by atoms with van der Waals surface area (Å²) in [6.07, 6.45) is 1.29. The van der Waals surface area contributed by atoms with Crippen LogP contribution in [0.4, 0.5) is 0 Å². The van der Waals surface area contributed by atoms with Crippen LogP contribution in [0.1, 0.15) is 6.42 Å². The minimum absolute atomic E-state index is 0.811. The molecule has 0 aliphatic carbocycles. The highest BCUT2D eigenvalue weighted by Crippen LogP contribution is 2.03. The van der Waals surface area contributed by atoms with Crippen LogP contribution in [0.25, 0.3) is 0 Å². The van der Waals surface area contributed by atoms with E-state index in [4.69, 9.17) is 9.16 Å². The minimum atomic E-state index is -0.811. The Labute approximate surface area is 82.7 Å². The molecule has 0 bridgehead atoms. The highest BCUT2D eigenvalue weighted by atomic mass is 28.3. The van der Waals surface area contributed by atoms with Crippen LogP contribution in [0.15, 0.2) is 0 Å². The Balaban J connectivity index is 1.98. The molecular weight excluding hydrogens is 182 g/mol. The van der Waals surface area contributed by atoms with E-state index in [9.17, 15) is 0 Å². The summed E-state index contributed by atoms with van der Waals surface area (Å²) in [6, 6.07) is 1.30. The van der Waals surface area contributed by atoms with Crippen LogP contribution in [-0.4, -0.2) is 53.9 Å². The molecule has 1 aliphatic rings. The fraction of sp³-hybridized carbons (Fsp3) is 1.00. The van der Waals surface area contributed by atoms with Crippen molar-refractivity contribution in [2.75, 3.05) is 40.0 Å². The molecule has 0 N–H and O–H groups in total. The van der Waals surface area contributed by atoms with Gasteiger partial charge in [0.05, 0.1) is 13.2 Å². The molecule has 1 fully saturated rings. The highest BCUT2D eigenvalue weighted by Gasteiger charge is 2.10. The summed E-state index contributed by atoms with van der Waals surface area (Å²) in [5.74, 6) is 0. The van der Waals surface area contributed by atoms with Crippen molar-refractivity contribution in [2.45, 2.75) is 19.0 Å². The Morgan fingerprint density at radius 2 is 2.08 bits per heavy atom. The monoisotopic (exact) mass is 203 g/mol. The number of nitrogens with zero attached hydrogens (tertiary/aromatic N) is 1. The summed E-state index contributed by atoms with van der Waals surface area (Å²) in [5.41, 5.74) is 0. The average molecular weight is 203 g/mol. The second-order valence-electron chi connectivity index (χ2n) is 3.64. The average Bonchev–Trinajstić information content (AvgIpc) is 2.19. The van der Waals surface area contributed by atoms with Gasteiger partial charge < -0.3 is 9.16 Å². The molecule has 13 heavy (non-hydrogen) atoms. The molecule has 0 aromatic heterocycles. The lowest BCUT2D eigenvalue weighted by Crippen LogP contribution is -2.37. The zero-order valence-corrected chi connectivity index (χ0v) is 9.95. The van der Waals surface area contributed by atoms with Crippen molar-refractivity contribution < 1.29 is 9.16 Å². The van der Waals surface area contributed by atoms with Crippen LogP contribution >= 0.6 is 0 Å². The molecule has 78 valence electrons. The smallest absolute Gasteiger partial charge is 0.173 e. The third-order valence-corrected chi connectivity index (χ3v) is 4.62. The minimum Gasteiger partial charge on any atom is -0.423 e. The lowest BCUT2D eigenvalue weighted by molar-refractivity contribution is 0.0379. The summed E-state index contributed by atoms with van der Waals surface area (Å²) in [5, 5.41) is 0. The van der Waals surface area contributed by atoms with Crippen molar-refractivity contribution in [1.29, 1.82) is 0 Å². The van der Waals surface area contributed by atoms with E-state index >= 15 is 0 Å². The second kappa shape index (κ2) is 6.54. The van der Waals surface area contributed by atoms with Crippen LogP contribution in [0.3, 0.4) is 0 Å². The van der Waals surface area contributed by atoms with Gasteiger partial charge in [-0.3, -0.25) is 4.90 Å². The first-order valence-electron chi connectivity index (χ1n) is 5.16. The van der Waals surface area contributed by atoms with Crippen molar-refractivity contribution in [3.63, 3.8) is 0 Å². The van der Waals surface area contributed by atoms with Gasteiger partial charge in [-0.25, -0.2) is 0 Å². The van der Waals surface area contributed by atoms with Crippen molar-refractivity contribution in [1.82, 2.24) is 4.90 Å². The second-order valence-corrected chi connectivity index (χ2v) is 6.31. The molecule has 0 aromatic carbocycles. The standard InChI is InChI=1S/C9H21NO2Si/c1-11-13(2)9-3-4-10-5-7-12-8-6-10/h13H,3-9H2,1-2H3. The molecule has 0 amide bonds. The number of rotatable bonds is 5. The van der Waals surface area contributed by atoms with Crippen LogP contribution in [0.5, 0.6) is 0 Å². The Kier molecular flexibility index (Phi) is 5.62. The van der Waals surface area contributed by atoms with Gasteiger partial charge in [0.25, 0.3) is 0 Å². The third kappa shape index (κ3) is 4.76. The summed E-state index contributed by atoms with van der Waals surface area (Å²) >= 11 is 0. The van der Waals surface area contributed by atoms with Gasteiger partial charge in [-0.2, -0.15) is 0 Å². The Morgan fingerprint density at radius 1 is 1.38 bits per heavy atom. The predicted octanol–water partition coefficient (Wildman–Crippen LogP) is 0.709. The number of morpholine rings is 1. The normalized spacial score (nSPS) is 21.7. The molecular formula is C9H21NO2Si. The van der Waals surface area contributed by atoms with Crippen molar-refractivity contribution in [2.24, 2.45) is 0 Å². The Hall–Kier alpha value is 0.0969. The van der Waals surface area contributed by atoms with E-state index in [0.717, 1.165) is 26.3 Å². The van der Waals surface area contributed by atoms with Gasteiger partial charge >= 0.3 is 0 Å². The molecule has 0 radical (unpaired) electrons. The SMILES string of the molecule is CO[SiH](C)CCCN1CCOCC1. The van der Waals surface area contributed by atoms with Gasteiger partial charge in [0.2, 0.25) is 0 Å². The zero-order valence-electron chi connectivity index (χ0n) is 8.79. The maximum atomic E-state index is 5.34. The lowest BCUT2D eigenvalue weighted by Gasteiger charge is -2.26. The largest absolute Gasteiger partial charge is 0.423 e.